The fourth-order valence-corrected chi connectivity index (χ4v) is 4.99. The topological polar surface area (TPSA) is 57.5 Å². The lowest BCUT2D eigenvalue weighted by molar-refractivity contribution is -0.142. The molecule has 3 saturated carbocycles. The van der Waals surface area contributed by atoms with Gasteiger partial charge in [0, 0.05) is 12.3 Å². The van der Waals surface area contributed by atoms with E-state index in [1.807, 2.05) is 0 Å². The van der Waals surface area contributed by atoms with Crippen LogP contribution in [0.25, 0.3) is 0 Å². The lowest BCUT2D eigenvalue weighted by Gasteiger charge is -2.33. The Labute approximate surface area is 109 Å². The third kappa shape index (κ3) is 1.35. The molecule has 0 unspecified atom stereocenters. The first-order chi connectivity index (χ1) is 8.19. The number of hydrogen-bond donors (Lipinski definition) is 2. The Kier molecular flexibility index (Phi) is 2.36. The van der Waals surface area contributed by atoms with Gasteiger partial charge >= 0.3 is 0 Å². The normalized spacial score (nSPS) is 57.8. The van der Waals surface area contributed by atoms with Gasteiger partial charge in [-0.15, -0.1) is 0 Å². The summed E-state index contributed by atoms with van der Waals surface area (Å²) in [5.74, 6) is 1.30. The van der Waals surface area contributed by atoms with Crippen molar-refractivity contribution in [1.29, 1.82) is 0 Å². The van der Waals surface area contributed by atoms with Crippen LogP contribution >= 0.6 is 0 Å². The summed E-state index contributed by atoms with van der Waals surface area (Å²) in [6.07, 6.45) is 0.721. The van der Waals surface area contributed by atoms with Crippen molar-refractivity contribution >= 4 is 5.78 Å². The highest BCUT2D eigenvalue weighted by Crippen LogP contribution is 2.70. The van der Waals surface area contributed by atoms with E-state index in [9.17, 15) is 15.0 Å². The molecule has 3 nitrogen and oxygen atoms in total. The first-order valence-corrected chi connectivity index (χ1v) is 7.12. The van der Waals surface area contributed by atoms with Crippen molar-refractivity contribution in [2.24, 2.45) is 35.0 Å². The average molecular weight is 252 g/mol. The maximum Gasteiger partial charge on any atom is 0.164 e. The van der Waals surface area contributed by atoms with Crippen molar-refractivity contribution in [3.8, 4) is 0 Å². The Morgan fingerprint density at radius 2 is 1.83 bits per heavy atom. The highest BCUT2D eigenvalue weighted by molar-refractivity contribution is 5.88. The number of hydrogen-bond acceptors (Lipinski definition) is 3. The molecule has 3 aliphatic rings. The summed E-state index contributed by atoms with van der Waals surface area (Å²) >= 11 is 0. The number of aliphatic hydroxyl groups is 2. The van der Waals surface area contributed by atoms with Crippen LogP contribution in [0.4, 0.5) is 0 Å². The number of ketones is 1. The Bertz CT molecular complexity index is 399. The third-order valence-corrected chi connectivity index (χ3v) is 6.42. The Morgan fingerprint density at radius 1 is 1.22 bits per heavy atom. The van der Waals surface area contributed by atoms with Crippen LogP contribution in [0.5, 0.6) is 0 Å². The summed E-state index contributed by atoms with van der Waals surface area (Å²) in [6.45, 7) is 8.19. The van der Waals surface area contributed by atoms with Gasteiger partial charge in [-0.3, -0.25) is 4.79 Å². The molecule has 3 aliphatic carbocycles. The standard InChI is InChI=1S/C15H24O3/c1-7-10(16)5-8-12(7)13-9(14(13,2)3)6-11(17)15(8,4)18/h7-10,12-13,16,18H,5-6H2,1-4H3/t7-,8+,9-,10+,12-,13-,15-/m0/s1. The summed E-state index contributed by atoms with van der Waals surface area (Å²) in [4.78, 5) is 12.3. The Hall–Kier alpha value is -0.410. The van der Waals surface area contributed by atoms with Crippen LogP contribution in [0.15, 0.2) is 0 Å². The van der Waals surface area contributed by atoms with E-state index in [4.69, 9.17) is 0 Å². The minimum Gasteiger partial charge on any atom is -0.393 e. The van der Waals surface area contributed by atoms with Gasteiger partial charge in [0.05, 0.1) is 6.10 Å². The molecule has 3 heteroatoms. The number of aliphatic hydroxyl groups excluding tert-OH is 1. The highest BCUT2D eigenvalue weighted by atomic mass is 16.3. The molecule has 3 fully saturated rings. The van der Waals surface area contributed by atoms with Crippen LogP contribution in [-0.4, -0.2) is 27.7 Å². The van der Waals surface area contributed by atoms with Gasteiger partial charge in [0.15, 0.2) is 5.78 Å². The van der Waals surface area contributed by atoms with Crippen LogP contribution in [0, 0.1) is 35.0 Å². The quantitative estimate of drug-likeness (QED) is 0.688. The molecule has 18 heavy (non-hydrogen) atoms. The van der Waals surface area contributed by atoms with Crippen LogP contribution in [-0.2, 0) is 4.79 Å². The monoisotopic (exact) mass is 252 g/mol. The fourth-order valence-electron chi connectivity index (χ4n) is 4.99. The fraction of sp³-hybridized carbons (Fsp3) is 0.933. The number of rotatable bonds is 0. The van der Waals surface area contributed by atoms with E-state index in [1.165, 1.54) is 0 Å². The van der Waals surface area contributed by atoms with Crippen LogP contribution < -0.4 is 0 Å². The largest absolute Gasteiger partial charge is 0.393 e. The zero-order valence-corrected chi connectivity index (χ0v) is 11.7. The van der Waals surface area contributed by atoms with Crippen molar-refractivity contribution in [1.82, 2.24) is 0 Å². The molecule has 0 bridgehead atoms. The number of carbonyl (C=O) groups is 1. The van der Waals surface area contributed by atoms with Crippen molar-refractivity contribution in [3.63, 3.8) is 0 Å². The second kappa shape index (κ2) is 3.37. The molecule has 3 rings (SSSR count). The van der Waals surface area contributed by atoms with E-state index in [0.29, 0.717) is 30.6 Å². The van der Waals surface area contributed by atoms with E-state index in [0.717, 1.165) is 0 Å². The van der Waals surface area contributed by atoms with Crippen LogP contribution in [0.2, 0.25) is 0 Å². The predicted molar refractivity (Wildman–Crippen MR) is 67.8 cm³/mol. The van der Waals surface area contributed by atoms with Gasteiger partial charge in [-0.25, -0.2) is 0 Å². The molecule has 0 saturated heterocycles. The van der Waals surface area contributed by atoms with Crippen molar-refractivity contribution in [2.75, 3.05) is 0 Å². The molecule has 2 N–H and O–H groups in total. The SMILES string of the molecule is C[C@@H]1[C@@H]2[C@@H]3[C@H](CC(=O)[C@@](C)(O)[C@@H]2C[C@H]1O)C3(C)C. The molecular weight excluding hydrogens is 228 g/mol. The summed E-state index contributed by atoms with van der Waals surface area (Å²) in [7, 11) is 0. The molecular formula is C15H24O3. The van der Waals surface area contributed by atoms with Gasteiger partial charge in [0.2, 0.25) is 0 Å². The zero-order chi connectivity index (χ0) is 13.5. The van der Waals surface area contributed by atoms with Gasteiger partial charge in [0.1, 0.15) is 5.60 Å². The molecule has 7 atom stereocenters. The van der Waals surface area contributed by atoms with Crippen LogP contribution in [0.1, 0.15) is 40.5 Å². The molecule has 0 spiro atoms. The number of Topliss-reactive ketones (excluding diaryl/α,β-unsaturated/α-hetero) is 1. The molecule has 0 aromatic rings. The van der Waals surface area contributed by atoms with Gasteiger partial charge in [-0.2, -0.15) is 0 Å². The van der Waals surface area contributed by atoms with Crippen molar-refractivity contribution in [3.05, 3.63) is 0 Å². The van der Waals surface area contributed by atoms with E-state index >= 15 is 0 Å². The van der Waals surface area contributed by atoms with Crippen molar-refractivity contribution < 1.29 is 15.0 Å². The molecule has 0 heterocycles. The first kappa shape index (κ1) is 12.6. The van der Waals surface area contributed by atoms with E-state index < -0.39 is 5.60 Å². The molecule has 0 aromatic carbocycles. The minimum atomic E-state index is -1.24. The second-order valence-electron chi connectivity index (χ2n) is 7.57. The lowest BCUT2D eigenvalue weighted by Crippen LogP contribution is -2.45. The van der Waals surface area contributed by atoms with Crippen molar-refractivity contribution in [2.45, 2.75) is 52.2 Å². The van der Waals surface area contributed by atoms with Gasteiger partial charge in [-0.1, -0.05) is 20.8 Å². The maximum absolute atomic E-state index is 12.3. The summed E-state index contributed by atoms with van der Waals surface area (Å²) < 4.78 is 0. The predicted octanol–water partition coefficient (Wildman–Crippen LogP) is 1.62. The number of carbonyl (C=O) groups excluding carboxylic acids is 1. The van der Waals surface area contributed by atoms with Gasteiger partial charge < -0.3 is 10.2 Å². The molecule has 0 aromatic heterocycles. The Morgan fingerprint density at radius 3 is 2.44 bits per heavy atom. The zero-order valence-electron chi connectivity index (χ0n) is 11.7. The smallest absolute Gasteiger partial charge is 0.164 e. The molecule has 102 valence electrons. The molecule has 0 aliphatic heterocycles. The van der Waals surface area contributed by atoms with E-state index in [1.54, 1.807) is 6.92 Å². The second-order valence-corrected chi connectivity index (χ2v) is 7.57. The number of fused-ring (bicyclic) bond motifs is 3. The van der Waals surface area contributed by atoms with Crippen LogP contribution in [0.3, 0.4) is 0 Å². The summed E-state index contributed by atoms with van der Waals surface area (Å²) in [6, 6.07) is 0. The van der Waals surface area contributed by atoms with E-state index in [-0.39, 0.29) is 29.1 Å². The van der Waals surface area contributed by atoms with Gasteiger partial charge in [-0.05, 0) is 42.4 Å². The summed E-state index contributed by atoms with van der Waals surface area (Å²) in [5, 5.41) is 20.7. The summed E-state index contributed by atoms with van der Waals surface area (Å²) in [5.41, 5.74) is -1.03. The maximum atomic E-state index is 12.3. The highest BCUT2D eigenvalue weighted by Gasteiger charge is 2.69. The lowest BCUT2D eigenvalue weighted by atomic mass is 9.74. The minimum absolute atomic E-state index is 0.0168. The average Bonchev–Trinajstić information content (AvgIpc) is 2.66. The third-order valence-electron chi connectivity index (χ3n) is 6.42. The molecule has 0 radical (unpaired) electrons. The Balaban J connectivity index is 2.03. The van der Waals surface area contributed by atoms with E-state index in [2.05, 4.69) is 20.8 Å². The first-order valence-electron chi connectivity index (χ1n) is 7.12. The van der Waals surface area contributed by atoms with Gasteiger partial charge in [0.25, 0.3) is 0 Å². The molecule has 0 amide bonds.